The van der Waals surface area contributed by atoms with Gasteiger partial charge in [-0.15, -0.1) is 0 Å². The van der Waals surface area contributed by atoms with Crippen LogP contribution in [0.1, 0.15) is 11.1 Å². The number of benzene rings is 1. The Morgan fingerprint density at radius 1 is 1.09 bits per heavy atom. The maximum atomic E-state index is 12.0. The third-order valence-electron chi connectivity index (χ3n) is 3.00. The number of alkyl carbamates (subject to hydrolysis) is 1. The number of para-hydroxylation sites is 1. The molecular weight excluding hydrogens is 286 g/mol. The van der Waals surface area contributed by atoms with Crippen molar-refractivity contribution in [3.63, 3.8) is 0 Å². The molecule has 0 fully saturated rings. The first kappa shape index (κ1) is 17.6. The zero-order valence-electron chi connectivity index (χ0n) is 13.2. The summed E-state index contributed by atoms with van der Waals surface area (Å²) in [5.41, 5.74) is 2.72. The van der Waals surface area contributed by atoms with Gasteiger partial charge < -0.3 is 10.1 Å². The van der Waals surface area contributed by atoms with Gasteiger partial charge >= 0.3 is 6.09 Å². The van der Waals surface area contributed by atoms with Crippen LogP contribution in [0, 0.1) is 13.8 Å². The molecule has 7 heteroatoms. The molecule has 120 valence electrons. The molecule has 0 heterocycles. The lowest BCUT2D eigenvalue weighted by Gasteiger charge is -2.17. The van der Waals surface area contributed by atoms with Crippen molar-refractivity contribution in [2.24, 2.45) is 0 Å². The minimum absolute atomic E-state index is 0.0301. The highest BCUT2D eigenvalue weighted by molar-refractivity contribution is 5.95. The molecule has 0 unspecified atom stereocenters. The molecule has 3 amide bonds. The molecule has 0 radical (unpaired) electrons. The van der Waals surface area contributed by atoms with Gasteiger partial charge in [0.15, 0.2) is 0 Å². The van der Waals surface area contributed by atoms with Crippen molar-refractivity contribution in [2.45, 2.75) is 13.8 Å². The van der Waals surface area contributed by atoms with Crippen LogP contribution in [0.25, 0.3) is 0 Å². The summed E-state index contributed by atoms with van der Waals surface area (Å²) in [6.07, 6.45) is -0.821. The van der Waals surface area contributed by atoms with Crippen LogP contribution in [0.5, 0.6) is 0 Å². The summed E-state index contributed by atoms with van der Waals surface area (Å²) < 4.78 is 4.32. The number of carbonyl (C=O) groups is 3. The molecule has 0 saturated carbocycles. The summed E-state index contributed by atoms with van der Waals surface area (Å²) >= 11 is 0. The van der Waals surface area contributed by atoms with Gasteiger partial charge in [0, 0.05) is 5.69 Å². The van der Waals surface area contributed by atoms with Gasteiger partial charge in [-0.1, -0.05) is 18.2 Å². The van der Waals surface area contributed by atoms with E-state index in [1.54, 1.807) is 7.05 Å². The lowest BCUT2D eigenvalue weighted by molar-refractivity contribution is -0.122. The number of methoxy groups -OCH3 is 1. The number of ether oxygens (including phenoxy) is 1. The molecule has 0 bridgehead atoms. The molecule has 0 aliphatic heterocycles. The summed E-state index contributed by atoms with van der Waals surface area (Å²) in [5.74, 6) is -0.764. The van der Waals surface area contributed by atoms with E-state index in [9.17, 15) is 14.4 Å². The fraction of sp³-hybridized carbons (Fsp3) is 0.400. The molecule has 7 nitrogen and oxygen atoms in total. The molecule has 1 aromatic rings. The fourth-order valence-electron chi connectivity index (χ4n) is 1.94. The van der Waals surface area contributed by atoms with Crippen LogP contribution in [0.15, 0.2) is 18.2 Å². The smallest absolute Gasteiger partial charge is 0.413 e. The number of amides is 3. The Balaban J connectivity index is 2.51. The maximum Gasteiger partial charge on any atom is 0.413 e. The number of anilines is 1. The predicted molar refractivity (Wildman–Crippen MR) is 82.6 cm³/mol. The van der Waals surface area contributed by atoms with E-state index in [0.29, 0.717) is 0 Å². The standard InChI is InChI=1S/C15H21N3O4/c1-10-6-5-7-11(2)14(10)16-12(19)8-18(3)9-13(20)17-15(21)22-4/h5-7H,8-9H2,1-4H3,(H,16,19)(H,17,20,21). The predicted octanol–water partition coefficient (Wildman–Crippen LogP) is 1.06. The number of nitrogens with one attached hydrogen (secondary N) is 2. The zero-order valence-corrected chi connectivity index (χ0v) is 13.2. The minimum atomic E-state index is -0.821. The van der Waals surface area contributed by atoms with E-state index in [0.717, 1.165) is 16.8 Å². The van der Waals surface area contributed by atoms with E-state index in [1.165, 1.54) is 12.0 Å². The van der Waals surface area contributed by atoms with E-state index in [4.69, 9.17) is 0 Å². The van der Waals surface area contributed by atoms with E-state index in [1.807, 2.05) is 37.4 Å². The Labute approximate surface area is 129 Å². The summed E-state index contributed by atoms with van der Waals surface area (Å²) in [5, 5.41) is 4.86. The largest absolute Gasteiger partial charge is 0.453 e. The number of rotatable bonds is 5. The van der Waals surface area contributed by atoms with E-state index >= 15 is 0 Å². The van der Waals surface area contributed by atoms with E-state index < -0.39 is 12.0 Å². The lowest BCUT2D eigenvalue weighted by atomic mass is 10.1. The SMILES string of the molecule is COC(=O)NC(=O)CN(C)CC(=O)Nc1c(C)cccc1C. The van der Waals surface area contributed by atoms with Crippen LogP contribution < -0.4 is 10.6 Å². The lowest BCUT2D eigenvalue weighted by Crippen LogP contribution is -2.41. The molecule has 1 rings (SSSR count). The van der Waals surface area contributed by atoms with Crippen molar-refractivity contribution in [1.82, 2.24) is 10.2 Å². The molecule has 22 heavy (non-hydrogen) atoms. The normalized spacial score (nSPS) is 10.2. The summed E-state index contributed by atoms with van der Waals surface area (Å²) in [6, 6.07) is 5.75. The second-order valence-corrected chi connectivity index (χ2v) is 5.03. The molecule has 2 N–H and O–H groups in total. The molecule has 0 atom stereocenters. The van der Waals surface area contributed by atoms with Gasteiger partial charge in [-0.3, -0.25) is 19.8 Å². The fourth-order valence-corrected chi connectivity index (χ4v) is 1.94. The number of nitrogens with zero attached hydrogens (tertiary/aromatic N) is 1. The molecule has 0 aliphatic carbocycles. The van der Waals surface area contributed by atoms with Gasteiger partial charge in [-0.05, 0) is 32.0 Å². The third kappa shape index (κ3) is 5.53. The molecule has 0 aliphatic rings. The average Bonchev–Trinajstić information content (AvgIpc) is 2.42. The van der Waals surface area contributed by atoms with Crippen LogP contribution in [-0.4, -0.2) is 50.1 Å². The first-order valence-electron chi connectivity index (χ1n) is 6.76. The van der Waals surface area contributed by atoms with Gasteiger partial charge in [0.05, 0.1) is 20.2 Å². The van der Waals surface area contributed by atoms with Crippen molar-refractivity contribution >= 4 is 23.6 Å². The zero-order chi connectivity index (χ0) is 16.7. The van der Waals surface area contributed by atoms with Crippen LogP contribution in [0.2, 0.25) is 0 Å². The Morgan fingerprint density at radius 2 is 1.64 bits per heavy atom. The maximum absolute atomic E-state index is 12.0. The van der Waals surface area contributed by atoms with E-state index in [2.05, 4.69) is 10.1 Å². The number of hydrogen-bond donors (Lipinski definition) is 2. The topological polar surface area (TPSA) is 87.7 Å². The number of imide groups is 1. The number of carbonyl (C=O) groups excluding carboxylic acids is 3. The van der Waals surface area contributed by atoms with Gasteiger partial charge in [-0.2, -0.15) is 0 Å². The third-order valence-corrected chi connectivity index (χ3v) is 3.00. The van der Waals surface area contributed by atoms with Crippen molar-refractivity contribution in [3.8, 4) is 0 Å². The van der Waals surface area contributed by atoms with Gasteiger partial charge in [0.1, 0.15) is 0 Å². The minimum Gasteiger partial charge on any atom is -0.453 e. The van der Waals surface area contributed by atoms with Crippen LogP contribution in [0.4, 0.5) is 10.5 Å². The molecular formula is C15H21N3O4. The molecule has 0 aromatic heterocycles. The van der Waals surface area contributed by atoms with Crippen molar-refractivity contribution in [1.29, 1.82) is 0 Å². The van der Waals surface area contributed by atoms with Crippen LogP contribution in [-0.2, 0) is 14.3 Å². The summed E-state index contributed by atoms with van der Waals surface area (Å²) in [4.78, 5) is 35.9. The molecule has 0 spiro atoms. The van der Waals surface area contributed by atoms with E-state index in [-0.39, 0.29) is 19.0 Å². The number of hydrogen-bond acceptors (Lipinski definition) is 5. The first-order valence-corrected chi connectivity index (χ1v) is 6.76. The Bertz CT molecular complexity index is 552. The summed E-state index contributed by atoms with van der Waals surface area (Å²) in [7, 11) is 2.78. The highest BCUT2D eigenvalue weighted by Gasteiger charge is 2.14. The monoisotopic (exact) mass is 307 g/mol. The second kappa shape index (κ2) is 8.14. The summed E-state index contributed by atoms with van der Waals surface area (Å²) in [6.45, 7) is 3.77. The number of aryl methyl sites for hydroxylation is 2. The molecule has 1 aromatic carbocycles. The quantitative estimate of drug-likeness (QED) is 0.849. The van der Waals surface area contributed by atoms with Gasteiger partial charge in [0.25, 0.3) is 0 Å². The molecule has 0 saturated heterocycles. The Kier molecular flexibility index (Phi) is 6.52. The average molecular weight is 307 g/mol. The number of likely N-dealkylation sites (N-methyl/N-ethyl adjacent to an activating group) is 1. The Morgan fingerprint density at radius 3 is 2.18 bits per heavy atom. The highest BCUT2D eigenvalue weighted by Crippen LogP contribution is 2.19. The highest BCUT2D eigenvalue weighted by atomic mass is 16.5. The van der Waals surface area contributed by atoms with Crippen molar-refractivity contribution in [3.05, 3.63) is 29.3 Å². The second-order valence-electron chi connectivity index (χ2n) is 5.03. The van der Waals surface area contributed by atoms with Gasteiger partial charge in [0.2, 0.25) is 11.8 Å². The Hall–Kier alpha value is -2.41. The van der Waals surface area contributed by atoms with Gasteiger partial charge in [-0.25, -0.2) is 4.79 Å². The van der Waals surface area contributed by atoms with Crippen molar-refractivity contribution < 1.29 is 19.1 Å². The van der Waals surface area contributed by atoms with Crippen LogP contribution in [0.3, 0.4) is 0 Å². The first-order chi connectivity index (χ1) is 10.3. The van der Waals surface area contributed by atoms with Crippen molar-refractivity contribution in [2.75, 3.05) is 32.6 Å². The van der Waals surface area contributed by atoms with Crippen LogP contribution >= 0.6 is 0 Å².